The summed E-state index contributed by atoms with van der Waals surface area (Å²) in [6.07, 6.45) is 3.83. The van der Waals surface area contributed by atoms with Gasteiger partial charge in [-0.2, -0.15) is 0 Å². The van der Waals surface area contributed by atoms with Gasteiger partial charge in [0, 0.05) is 31.0 Å². The normalized spacial score (nSPS) is 16.8. The molecule has 144 valence electrons. The minimum atomic E-state index is -0.362. The highest BCUT2D eigenvalue weighted by atomic mass is 35.5. The average Bonchev–Trinajstić information content (AvgIpc) is 3.25. The monoisotopic (exact) mass is 396 g/mol. The molecule has 0 bridgehead atoms. The first-order valence-corrected chi connectivity index (χ1v) is 9.57. The summed E-state index contributed by atoms with van der Waals surface area (Å²) in [5, 5.41) is 3.53. The van der Waals surface area contributed by atoms with Crippen LogP contribution in [-0.2, 0) is 16.1 Å². The molecule has 7 heteroatoms. The molecule has 1 N–H and O–H groups in total. The Hall–Kier alpha value is -2.86. The first-order chi connectivity index (χ1) is 13.4. The summed E-state index contributed by atoms with van der Waals surface area (Å²) in [7, 11) is 0. The molecular weight excluding hydrogens is 376 g/mol. The highest BCUT2D eigenvalue weighted by molar-refractivity contribution is 6.30. The Bertz CT molecular complexity index is 1080. The van der Waals surface area contributed by atoms with Crippen LogP contribution in [-0.4, -0.2) is 27.7 Å². The standard InChI is InChI=1S/C21H21ClN4O2/c1-13-4-3-5-18(14(13)2)26-10-15(8-20(26)27)21(28)23-9-17-12-25-11-16(22)6-7-19(25)24-17/h3-7,11-12,15H,8-10H2,1-2H3,(H,23,28). The first kappa shape index (κ1) is 18.5. The third-order valence-electron chi connectivity index (χ3n) is 5.27. The van der Waals surface area contributed by atoms with E-state index in [0.29, 0.717) is 18.1 Å². The van der Waals surface area contributed by atoms with Crippen molar-refractivity contribution in [2.24, 2.45) is 5.92 Å². The van der Waals surface area contributed by atoms with E-state index in [0.717, 1.165) is 28.2 Å². The Morgan fingerprint density at radius 3 is 2.89 bits per heavy atom. The van der Waals surface area contributed by atoms with Crippen molar-refractivity contribution in [3.63, 3.8) is 0 Å². The number of hydrogen-bond acceptors (Lipinski definition) is 3. The van der Waals surface area contributed by atoms with E-state index in [9.17, 15) is 9.59 Å². The van der Waals surface area contributed by atoms with Crippen molar-refractivity contribution in [2.75, 3.05) is 11.4 Å². The average molecular weight is 397 g/mol. The largest absolute Gasteiger partial charge is 0.350 e. The summed E-state index contributed by atoms with van der Waals surface area (Å²) < 4.78 is 1.82. The molecule has 0 aliphatic carbocycles. The van der Waals surface area contributed by atoms with Crippen molar-refractivity contribution in [3.8, 4) is 0 Å². The second-order valence-electron chi connectivity index (χ2n) is 7.19. The van der Waals surface area contributed by atoms with Crippen molar-refractivity contribution < 1.29 is 9.59 Å². The fourth-order valence-corrected chi connectivity index (χ4v) is 3.74. The van der Waals surface area contributed by atoms with Crippen LogP contribution in [0, 0.1) is 19.8 Å². The summed E-state index contributed by atoms with van der Waals surface area (Å²) in [5.74, 6) is -0.508. The van der Waals surface area contributed by atoms with Crippen LogP contribution in [0.3, 0.4) is 0 Å². The van der Waals surface area contributed by atoms with Crippen molar-refractivity contribution in [3.05, 3.63) is 64.6 Å². The van der Waals surface area contributed by atoms with Gasteiger partial charge in [-0.15, -0.1) is 0 Å². The van der Waals surface area contributed by atoms with E-state index >= 15 is 0 Å². The molecule has 1 saturated heterocycles. The van der Waals surface area contributed by atoms with Crippen LogP contribution >= 0.6 is 11.6 Å². The van der Waals surface area contributed by atoms with Gasteiger partial charge in [0.25, 0.3) is 0 Å². The number of carbonyl (C=O) groups excluding carboxylic acids is 2. The molecule has 1 unspecified atom stereocenters. The van der Waals surface area contributed by atoms with Crippen LogP contribution in [0.2, 0.25) is 5.02 Å². The van der Waals surface area contributed by atoms with Gasteiger partial charge in [0.15, 0.2) is 0 Å². The minimum absolute atomic E-state index is 0.0174. The molecular formula is C21H21ClN4O2. The van der Waals surface area contributed by atoms with Crippen LogP contribution in [0.15, 0.2) is 42.7 Å². The minimum Gasteiger partial charge on any atom is -0.350 e. The smallest absolute Gasteiger partial charge is 0.227 e. The Morgan fingerprint density at radius 2 is 2.07 bits per heavy atom. The number of hydrogen-bond donors (Lipinski definition) is 1. The number of amides is 2. The topological polar surface area (TPSA) is 66.7 Å². The number of rotatable bonds is 4. The number of nitrogens with one attached hydrogen (secondary N) is 1. The van der Waals surface area contributed by atoms with E-state index in [-0.39, 0.29) is 24.2 Å². The SMILES string of the molecule is Cc1cccc(N2CC(C(=O)NCc3cn4cc(Cl)ccc4n3)CC2=O)c1C. The van der Waals surface area contributed by atoms with E-state index in [1.54, 1.807) is 17.2 Å². The van der Waals surface area contributed by atoms with Crippen molar-refractivity contribution in [1.82, 2.24) is 14.7 Å². The molecule has 1 aromatic carbocycles. The quantitative estimate of drug-likeness (QED) is 0.736. The van der Waals surface area contributed by atoms with Gasteiger partial charge in [0.1, 0.15) is 5.65 Å². The maximum absolute atomic E-state index is 12.6. The van der Waals surface area contributed by atoms with Crippen molar-refractivity contribution in [1.29, 1.82) is 0 Å². The molecule has 1 aliphatic rings. The molecule has 28 heavy (non-hydrogen) atoms. The zero-order chi connectivity index (χ0) is 19.8. The fraction of sp³-hybridized carbons (Fsp3) is 0.286. The summed E-state index contributed by atoms with van der Waals surface area (Å²) in [6.45, 7) is 4.73. The molecule has 6 nitrogen and oxygen atoms in total. The number of carbonyl (C=O) groups is 2. The van der Waals surface area contributed by atoms with E-state index < -0.39 is 0 Å². The molecule has 3 heterocycles. The van der Waals surface area contributed by atoms with Gasteiger partial charge in [-0.3, -0.25) is 9.59 Å². The number of fused-ring (bicyclic) bond motifs is 1. The predicted octanol–water partition coefficient (Wildman–Crippen LogP) is 3.27. The van der Waals surface area contributed by atoms with E-state index in [1.165, 1.54) is 0 Å². The van der Waals surface area contributed by atoms with Gasteiger partial charge >= 0.3 is 0 Å². The lowest BCUT2D eigenvalue weighted by Gasteiger charge is -2.20. The number of anilines is 1. The lowest BCUT2D eigenvalue weighted by molar-refractivity contribution is -0.126. The number of aryl methyl sites for hydroxylation is 1. The lowest BCUT2D eigenvalue weighted by Crippen LogP contribution is -2.32. The second-order valence-corrected chi connectivity index (χ2v) is 7.62. The summed E-state index contributed by atoms with van der Waals surface area (Å²) >= 11 is 5.99. The number of aromatic nitrogens is 2. The summed E-state index contributed by atoms with van der Waals surface area (Å²) in [5.41, 5.74) is 4.60. The number of benzene rings is 1. The number of halogens is 1. The molecule has 2 amide bonds. The Labute approximate surface area is 168 Å². The van der Waals surface area contributed by atoms with E-state index in [2.05, 4.69) is 10.3 Å². The zero-order valence-corrected chi connectivity index (χ0v) is 16.5. The van der Waals surface area contributed by atoms with Gasteiger partial charge < -0.3 is 14.6 Å². The van der Waals surface area contributed by atoms with Gasteiger partial charge in [0.05, 0.1) is 23.2 Å². The second kappa shape index (κ2) is 7.28. The van der Waals surface area contributed by atoms with E-state index in [1.807, 2.05) is 48.7 Å². The Balaban J connectivity index is 1.42. The van der Waals surface area contributed by atoms with Crippen LogP contribution < -0.4 is 10.2 Å². The van der Waals surface area contributed by atoms with Gasteiger partial charge in [-0.25, -0.2) is 4.98 Å². The Kier molecular flexibility index (Phi) is 4.81. The van der Waals surface area contributed by atoms with E-state index in [4.69, 9.17) is 11.6 Å². The Morgan fingerprint density at radius 1 is 1.25 bits per heavy atom. The molecule has 0 radical (unpaired) electrons. The number of pyridine rings is 1. The first-order valence-electron chi connectivity index (χ1n) is 9.20. The van der Waals surface area contributed by atoms with Gasteiger partial charge in [0.2, 0.25) is 11.8 Å². The maximum Gasteiger partial charge on any atom is 0.227 e. The molecule has 0 saturated carbocycles. The molecule has 4 rings (SSSR count). The third-order valence-corrected chi connectivity index (χ3v) is 5.49. The van der Waals surface area contributed by atoms with Gasteiger partial charge in [-0.05, 0) is 43.2 Å². The molecule has 1 fully saturated rings. The van der Waals surface area contributed by atoms with Crippen molar-refractivity contribution in [2.45, 2.75) is 26.8 Å². The zero-order valence-electron chi connectivity index (χ0n) is 15.8. The molecule has 3 aromatic rings. The summed E-state index contributed by atoms with van der Waals surface area (Å²) in [4.78, 5) is 31.3. The number of imidazole rings is 1. The lowest BCUT2D eigenvalue weighted by atomic mass is 10.1. The molecule has 1 atom stereocenters. The van der Waals surface area contributed by atoms with Crippen LogP contribution in [0.5, 0.6) is 0 Å². The van der Waals surface area contributed by atoms with Crippen LogP contribution in [0.4, 0.5) is 5.69 Å². The molecule has 1 aliphatic heterocycles. The number of nitrogens with zero attached hydrogens (tertiary/aromatic N) is 3. The van der Waals surface area contributed by atoms with Crippen LogP contribution in [0.25, 0.3) is 5.65 Å². The maximum atomic E-state index is 12.6. The van der Waals surface area contributed by atoms with Crippen LogP contribution in [0.1, 0.15) is 23.2 Å². The summed E-state index contributed by atoms with van der Waals surface area (Å²) in [6, 6.07) is 9.49. The van der Waals surface area contributed by atoms with Gasteiger partial charge in [-0.1, -0.05) is 23.7 Å². The molecule has 2 aromatic heterocycles. The fourth-order valence-electron chi connectivity index (χ4n) is 3.57. The third kappa shape index (κ3) is 3.47. The molecule has 0 spiro atoms. The van der Waals surface area contributed by atoms with Crippen molar-refractivity contribution >= 4 is 34.7 Å². The highest BCUT2D eigenvalue weighted by Gasteiger charge is 2.35. The highest BCUT2D eigenvalue weighted by Crippen LogP contribution is 2.29. The predicted molar refractivity (Wildman–Crippen MR) is 108 cm³/mol.